The van der Waals surface area contributed by atoms with Crippen LogP contribution >= 0.6 is 22.6 Å². The Morgan fingerprint density at radius 1 is 1.33 bits per heavy atom. The van der Waals surface area contributed by atoms with Gasteiger partial charge in [-0.05, 0) is 18.8 Å². The molecule has 1 unspecified atom stereocenters. The highest BCUT2D eigenvalue weighted by Gasteiger charge is 2.23. The number of alkyl halides is 1. The molecule has 0 heterocycles. The first-order valence-corrected chi connectivity index (χ1v) is 7.54. The molecule has 1 atom stereocenters. The lowest BCUT2D eigenvalue weighted by atomic mass is 9.88. The topological polar surface area (TPSA) is 29.1 Å². The first-order valence-electron chi connectivity index (χ1n) is 6.01. The van der Waals surface area contributed by atoms with Crippen LogP contribution in [0.5, 0.6) is 0 Å². The summed E-state index contributed by atoms with van der Waals surface area (Å²) in [5, 5.41) is 3.19. The molecular formula is C12H22INO. The standard InChI is InChI=1S/C12H22INO/c1-9(2)11(8-13)14-12(15)10-6-4-3-5-7-10/h9-11H,3-8H2,1-2H3,(H,14,15). The normalized spacial score (nSPS) is 20.3. The molecule has 1 N–H and O–H groups in total. The van der Waals surface area contributed by atoms with Gasteiger partial charge in [0.15, 0.2) is 0 Å². The van der Waals surface area contributed by atoms with E-state index < -0.39 is 0 Å². The highest BCUT2D eigenvalue weighted by molar-refractivity contribution is 14.1. The molecule has 3 heteroatoms. The highest BCUT2D eigenvalue weighted by atomic mass is 127. The molecule has 0 bridgehead atoms. The molecule has 88 valence electrons. The van der Waals surface area contributed by atoms with Crippen LogP contribution in [0.4, 0.5) is 0 Å². The minimum Gasteiger partial charge on any atom is -0.352 e. The second-order valence-corrected chi connectivity index (χ2v) is 5.73. The van der Waals surface area contributed by atoms with Crippen LogP contribution in [-0.4, -0.2) is 16.4 Å². The number of rotatable bonds is 4. The Kier molecular flexibility index (Phi) is 5.94. The van der Waals surface area contributed by atoms with Crippen molar-refractivity contribution >= 4 is 28.5 Å². The summed E-state index contributed by atoms with van der Waals surface area (Å²) in [4.78, 5) is 12.0. The van der Waals surface area contributed by atoms with Crippen LogP contribution in [-0.2, 0) is 4.79 Å². The van der Waals surface area contributed by atoms with E-state index >= 15 is 0 Å². The van der Waals surface area contributed by atoms with E-state index in [4.69, 9.17) is 0 Å². The molecule has 0 radical (unpaired) electrons. The monoisotopic (exact) mass is 323 g/mol. The van der Waals surface area contributed by atoms with Crippen molar-refractivity contribution in [3.05, 3.63) is 0 Å². The maximum atomic E-state index is 12.0. The fraction of sp³-hybridized carbons (Fsp3) is 0.917. The number of hydrogen-bond acceptors (Lipinski definition) is 1. The fourth-order valence-corrected chi connectivity index (χ4v) is 3.29. The van der Waals surface area contributed by atoms with Crippen molar-refractivity contribution in [3.63, 3.8) is 0 Å². The number of hydrogen-bond donors (Lipinski definition) is 1. The zero-order valence-electron chi connectivity index (χ0n) is 9.76. The van der Waals surface area contributed by atoms with Crippen LogP contribution in [0.25, 0.3) is 0 Å². The molecule has 15 heavy (non-hydrogen) atoms. The van der Waals surface area contributed by atoms with E-state index in [-0.39, 0.29) is 0 Å². The molecule has 0 aromatic heterocycles. The summed E-state index contributed by atoms with van der Waals surface area (Å²) in [6.07, 6.45) is 5.96. The van der Waals surface area contributed by atoms with Crippen LogP contribution in [0, 0.1) is 11.8 Å². The molecule has 0 aromatic carbocycles. The number of carbonyl (C=O) groups excluding carboxylic acids is 1. The number of carbonyl (C=O) groups is 1. The molecule has 1 amide bonds. The molecule has 1 aliphatic carbocycles. The molecule has 1 fully saturated rings. The van der Waals surface area contributed by atoms with Crippen molar-refractivity contribution < 1.29 is 4.79 Å². The largest absolute Gasteiger partial charge is 0.352 e. The first kappa shape index (κ1) is 13.3. The summed E-state index contributed by atoms with van der Waals surface area (Å²) < 4.78 is 1.01. The molecule has 0 spiro atoms. The van der Waals surface area contributed by atoms with Gasteiger partial charge in [0.2, 0.25) is 5.91 Å². The van der Waals surface area contributed by atoms with Crippen molar-refractivity contribution in [2.75, 3.05) is 4.43 Å². The van der Waals surface area contributed by atoms with Gasteiger partial charge in [-0.25, -0.2) is 0 Å². The van der Waals surface area contributed by atoms with E-state index in [0.29, 0.717) is 23.8 Å². The van der Waals surface area contributed by atoms with E-state index in [2.05, 4.69) is 41.8 Å². The van der Waals surface area contributed by atoms with Gasteiger partial charge >= 0.3 is 0 Å². The Balaban J connectivity index is 2.38. The van der Waals surface area contributed by atoms with Gasteiger partial charge in [-0.1, -0.05) is 55.7 Å². The lowest BCUT2D eigenvalue weighted by molar-refractivity contribution is -0.126. The van der Waals surface area contributed by atoms with Crippen LogP contribution in [0.1, 0.15) is 46.0 Å². The minimum atomic E-state index is 0.294. The lowest BCUT2D eigenvalue weighted by Crippen LogP contribution is -2.43. The lowest BCUT2D eigenvalue weighted by Gasteiger charge is -2.25. The first-order chi connectivity index (χ1) is 7.15. The summed E-state index contributed by atoms with van der Waals surface area (Å²) in [6.45, 7) is 4.34. The van der Waals surface area contributed by atoms with Gasteiger partial charge in [-0.2, -0.15) is 0 Å². The van der Waals surface area contributed by atoms with E-state index in [9.17, 15) is 4.79 Å². The molecule has 0 aliphatic heterocycles. The van der Waals surface area contributed by atoms with Crippen molar-refractivity contribution in [2.24, 2.45) is 11.8 Å². The average Bonchev–Trinajstić information content (AvgIpc) is 2.26. The maximum absolute atomic E-state index is 12.0. The minimum absolute atomic E-state index is 0.294. The second kappa shape index (κ2) is 6.71. The molecule has 2 nitrogen and oxygen atoms in total. The van der Waals surface area contributed by atoms with Crippen molar-refractivity contribution in [1.29, 1.82) is 0 Å². The smallest absolute Gasteiger partial charge is 0.223 e. The Morgan fingerprint density at radius 2 is 1.93 bits per heavy atom. The van der Waals surface area contributed by atoms with Gasteiger partial charge in [0.1, 0.15) is 0 Å². The third-order valence-corrected chi connectivity index (χ3v) is 4.22. The Hall–Kier alpha value is 0.200. The average molecular weight is 323 g/mol. The van der Waals surface area contributed by atoms with Gasteiger partial charge in [-0.3, -0.25) is 4.79 Å². The van der Waals surface area contributed by atoms with Gasteiger partial charge < -0.3 is 5.32 Å². The molecule has 0 aromatic rings. The van der Waals surface area contributed by atoms with E-state index in [1.54, 1.807) is 0 Å². The Bertz CT molecular complexity index is 200. The van der Waals surface area contributed by atoms with Gasteiger partial charge in [0.25, 0.3) is 0 Å². The third kappa shape index (κ3) is 4.29. The summed E-state index contributed by atoms with van der Waals surface area (Å²) >= 11 is 2.35. The van der Waals surface area contributed by atoms with Crippen molar-refractivity contribution in [2.45, 2.75) is 52.0 Å². The number of halogens is 1. The predicted octanol–water partition coefficient (Wildman–Crippen LogP) is 3.14. The van der Waals surface area contributed by atoms with E-state index in [1.165, 1.54) is 19.3 Å². The molecule has 1 aliphatic rings. The van der Waals surface area contributed by atoms with Crippen molar-refractivity contribution in [3.8, 4) is 0 Å². The van der Waals surface area contributed by atoms with Crippen LogP contribution in [0.15, 0.2) is 0 Å². The van der Waals surface area contributed by atoms with Crippen LogP contribution in [0.3, 0.4) is 0 Å². The Labute approximate surface area is 107 Å². The van der Waals surface area contributed by atoms with Gasteiger partial charge in [0, 0.05) is 16.4 Å². The molecule has 1 saturated carbocycles. The Morgan fingerprint density at radius 3 is 2.40 bits per heavy atom. The summed E-state index contributed by atoms with van der Waals surface area (Å²) in [6, 6.07) is 0.347. The van der Waals surface area contributed by atoms with E-state index in [0.717, 1.165) is 17.3 Å². The van der Waals surface area contributed by atoms with Crippen LogP contribution < -0.4 is 5.32 Å². The molecular weight excluding hydrogens is 301 g/mol. The zero-order valence-corrected chi connectivity index (χ0v) is 11.9. The van der Waals surface area contributed by atoms with Crippen LogP contribution in [0.2, 0.25) is 0 Å². The molecule has 0 saturated heterocycles. The number of nitrogens with one attached hydrogen (secondary N) is 1. The predicted molar refractivity (Wildman–Crippen MR) is 72.2 cm³/mol. The quantitative estimate of drug-likeness (QED) is 0.625. The zero-order chi connectivity index (χ0) is 11.3. The van der Waals surface area contributed by atoms with E-state index in [1.807, 2.05) is 0 Å². The summed E-state index contributed by atoms with van der Waals surface area (Å²) in [7, 11) is 0. The second-order valence-electron chi connectivity index (χ2n) is 4.85. The molecule has 1 rings (SSSR count). The maximum Gasteiger partial charge on any atom is 0.223 e. The highest BCUT2D eigenvalue weighted by Crippen LogP contribution is 2.24. The van der Waals surface area contributed by atoms with Gasteiger partial charge in [-0.15, -0.1) is 0 Å². The SMILES string of the molecule is CC(C)C(CI)NC(=O)C1CCCCC1. The third-order valence-electron chi connectivity index (χ3n) is 3.27. The summed E-state index contributed by atoms with van der Waals surface area (Å²) in [5.74, 6) is 1.13. The van der Waals surface area contributed by atoms with Gasteiger partial charge in [0.05, 0.1) is 0 Å². The number of amides is 1. The van der Waals surface area contributed by atoms with Crippen molar-refractivity contribution in [1.82, 2.24) is 5.32 Å². The fourth-order valence-electron chi connectivity index (χ4n) is 2.05. The summed E-state index contributed by atoms with van der Waals surface area (Å²) in [5.41, 5.74) is 0.